The van der Waals surface area contributed by atoms with E-state index in [1.54, 1.807) is 31.2 Å². The highest BCUT2D eigenvalue weighted by Gasteiger charge is 2.11. The first-order chi connectivity index (χ1) is 9.02. The van der Waals surface area contributed by atoms with Crippen LogP contribution in [0.4, 0.5) is 8.78 Å². The summed E-state index contributed by atoms with van der Waals surface area (Å²) < 4.78 is 27.4. The highest BCUT2D eigenvalue weighted by molar-refractivity contribution is 5.97. The van der Waals surface area contributed by atoms with Crippen LogP contribution in [0.5, 0.6) is 0 Å². The Morgan fingerprint density at radius 3 is 2.53 bits per heavy atom. The van der Waals surface area contributed by atoms with E-state index >= 15 is 0 Å². The molecule has 0 fully saturated rings. The Balaban J connectivity index is 2.53. The number of ketones is 1. The van der Waals surface area contributed by atoms with Crippen LogP contribution >= 0.6 is 0 Å². The van der Waals surface area contributed by atoms with E-state index in [-0.39, 0.29) is 16.9 Å². The van der Waals surface area contributed by atoms with Crippen molar-refractivity contribution in [1.82, 2.24) is 0 Å². The summed E-state index contributed by atoms with van der Waals surface area (Å²) in [6, 6.07) is 8.95. The molecule has 0 aliphatic heterocycles. The third kappa shape index (κ3) is 2.70. The van der Waals surface area contributed by atoms with E-state index in [0.717, 1.165) is 0 Å². The first kappa shape index (κ1) is 13.4. The van der Waals surface area contributed by atoms with Gasteiger partial charge in [0.15, 0.2) is 5.78 Å². The van der Waals surface area contributed by atoms with Crippen LogP contribution in [0.1, 0.15) is 29.3 Å². The number of aryl methyl sites for hydroxylation is 1. The molecule has 0 atom stereocenters. The maximum atomic E-state index is 13.9. The second kappa shape index (κ2) is 5.31. The zero-order chi connectivity index (χ0) is 14.0. The predicted octanol–water partition coefficient (Wildman–Crippen LogP) is 4.53. The number of hydrogen-bond donors (Lipinski definition) is 0. The predicted molar refractivity (Wildman–Crippen MR) is 71.2 cm³/mol. The van der Waals surface area contributed by atoms with Gasteiger partial charge in [-0.15, -0.1) is 0 Å². The first-order valence-electron chi connectivity index (χ1n) is 6.12. The van der Waals surface area contributed by atoms with Crippen molar-refractivity contribution >= 4 is 5.78 Å². The van der Waals surface area contributed by atoms with Gasteiger partial charge in [-0.25, -0.2) is 8.78 Å². The van der Waals surface area contributed by atoms with E-state index < -0.39 is 11.6 Å². The zero-order valence-corrected chi connectivity index (χ0v) is 10.8. The van der Waals surface area contributed by atoms with Crippen LogP contribution in [-0.4, -0.2) is 5.78 Å². The highest BCUT2D eigenvalue weighted by atomic mass is 19.1. The molecule has 2 aromatic rings. The molecule has 0 unspecified atom stereocenters. The SMILES string of the molecule is CCC(=O)c1cccc(-c2cc(F)c(C)cc2F)c1. The van der Waals surface area contributed by atoms with Gasteiger partial charge in [0, 0.05) is 17.5 Å². The average Bonchev–Trinajstić information content (AvgIpc) is 2.42. The molecule has 0 spiro atoms. The number of carbonyl (C=O) groups excluding carboxylic acids is 1. The fourth-order valence-corrected chi connectivity index (χ4v) is 1.93. The molecular weight excluding hydrogens is 246 g/mol. The number of hydrogen-bond acceptors (Lipinski definition) is 1. The topological polar surface area (TPSA) is 17.1 Å². The molecule has 1 nitrogen and oxygen atoms in total. The molecule has 2 aromatic carbocycles. The van der Waals surface area contributed by atoms with Gasteiger partial charge in [-0.3, -0.25) is 4.79 Å². The number of benzene rings is 2. The van der Waals surface area contributed by atoms with Crippen LogP contribution in [-0.2, 0) is 0 Å². The minimum absolute atomic E-state index is 0.0187. The Labute approximate surface area is 110 Å². The Hall–Kier alpha value is -2.03. The third-order valence-corrected chi connectivity index (χ3v) is 3.06. The number of rotatable bonds is 3. The van der Waals surface area contributed by atoms with E-state index in [0.29, 0.717) is 17.5 Å². The zero-order valence-electron chi connectivity index (χ0n) is 10.8. The lowest BCUT2D eigenvalue weighted by atomic mass is 9.99. The van der Waals surface area contributed by atoms with Crippen LogP contribution in [0, 0.1) is 18.6 Å². The fraction of sp³-hybridized carbons (Fsp3) is 0.188. The van der Waals surface area contributed by atoms with Gasteiger partial charge in [-0.1, -0.05) is 25.1 Å². The van der Waals surface area contributed by atoms with Crippen molar-refractivity contribution in [3.05, 3.63) is 59.2 Å². The molecule has 0 saturated carbocycles. The summed E-state index contributed by atoms with van der Waals surface area (Å²) in [6.45, 7) is 3.28. The number of halogens is 2. The lowest BCUT2D eigenvalue weighted by Crippen LogP contribution is -1.97. The summed E-state index contributed by atoms with van der Waals surface area (Å²) in [7, 11) is 0. The molecule has 19 heavy (non-hydrogen) atoms. The van der Waals surface area contributed by atoms with Crippen molar-refractivity contribution in [3.63, 3.8) is 0 Å². The molecule has 2 rings (SSSR count). The summed E-state index contributed by atoms with van der Waals surface area (Å²) in [5.74, 6) is -0.960. The van der Waals surface area contributed by atoms with Gasteiger partial charge in [0.05, 0.1) is 0 Å². The second-order valence-electron chi connectivity index (χ2n) is 4.44. The van der Waals surface area contributed by atoms with E-state index in [1.165, 1.54) is 19.1 Å². The van der Waals surface area contributed by atoms with Crippen LogP contribution < -0.4 is 0 Å². The molecular formula is C16H14F2O. The van der Waals surface area contributed by atoms with Gasteiger partial charge >= 0.3 is 0 Å². The smallest absolute Gasteiger partial charge is 0.162 e. The van der Waals surface area contributed by atoms with Gasteiger partial charge < -0.3 is 0 Å². The van der Waals surface area contributed by atoms with Crippen LogP contribution in [0.15, 0.2) is 36.4 Å². The van der Waals surface area contributed by atoms with Gasteiger partial charge in [-0.2, -0.15) is 0 Å². The Kier molecular flexibility index (Phi) is 3.74. The first-order valence-corrected chi connectivity index (χ1v) is 6.12. The van der Waals surface area contributed by atoms with Crippen molar-refractivity contribution in [2.24, 2.45) is 0 Å². The minimum Gasteiger partial charge on any atom is -0.294 e. The molecule has 0 aliphatic carbocycles. The molecule has 0 saturated heterocycles. The Morgan fingerprint density at radius 1 is 1.11 bits per heavy atom. The van der Waals surface area contributed by atoms with Crippen LogP contribution in [0.3, 0.4) is 0 Å². The monoisotopic (exact) mass is 260 g/mol. The molecule has 0 radical (unpaired) electrons. The number of carbonyl (C=O) groups is 1. The third-order valence-electron chi connectivity index (χ3n) is 3.06. The number of Topliss-reactive ketones (excluding diaryl/α,β-unsaturated/α-hetero) is 1. The van der Waals surface area contributed by atoms with Gasteiger partial charge in [-0.05, 0) is 36.2 Å². The Morgan fingerprint density at radius 2 is 1.84 bits per heavy atom. The quantitative estimate of drug-likeness (QED) is 0.741. The summed E-state index contributed by atoms with van der Waals surface area (Å²) in [6.07, 6.45) is 0.383. The summed E-state index contributed by atoms with van der Waals surface area (Å²) in [5, 5.41) is 0. The normalized spacial score (nSPS) is 10.5. The van der Waals surface area contributed by atoms with Crippen LogP contribution in [0.2, 0.25) is 0 Å². The summed E-state index contributed by atoms with van der Waals surface area (Å²) in [4.78, 5) is 11.6. The van der Waals surface area contributed by atoms with E-state index in [1.807, 2.05) is 0 Å². The largest absolute Gasteiger partial charge is 0.294 e. The molecule has 0 N–H and O–H groups in total. The molecule has 0 aromatic heterocycles. The highest BCUT2D eigenvalue weighted by Crippen LogP contribution is 2.26. The maximum absolute atomic E-state index is 13.9. The van der Waals surface area contributed by atoms with Crippen molar-refractivity contribution in [2.75, 3.05) is 0 Å². The molecule has 98 valence electrons. The molecule has 0 aliphatic rings. The average molecular weight is 260 g/mol. The molecule has 0 amide bonds. The fourth-order valence-electron chi connectivity index (χ4n) is 1.93. The standard InChI is InChI=1S/C16H14F2O/c1-3-16(19)12-6-4-5-11(8-12)13-9-14(17)10(2)7-15(13)18/h4-9H,3H2,1-2H3. The Bertz CT molecular complexity index is 633. The summed E-state index contributed by atoms with van der Waals surface area (Å²) in [5.41, 5.74) is 1.46. The van der Waals surface area contributed by atoms with Crippen LogP contribution in [0.25, 0.3) is 11.1 Å². The van der Waals surface area contributed by atoms with Gasteiger partial charge in [0.1, 0.15) is 11.6 Å². The summed E-state index contributed by atoms with van der Waals surface area (Å²) >= 11 is 0. The van der Waals surface area contributed by atoms with E-state index in [2.05, 4.69) is 0 Å². The molecule has 3 heteroatoms. The second-order valence-corrected chi connectivity index (χ2v) is 4.44. The van der Waals surface area contributed by atoms with Crippen molar-refractivity contribution in [1.29, 1.82) is 0 Å². The van der Waals surface area contributed by atoms with E-state index in [4.69, 9.17) is 0 Å². The maximum Gasteiger partial charge on any atom is 0.162 e. The minimum atomic E-state index is -0.486. The van der Waals surface area contributed by atoms with Gasteiger partial charge in [0.25, 0.3) is 0 Å². The van der Waals surface area contributed by atoms with Crippen molar-refractivity contribution in [2.45, 2.75) is 20.3 Å². The van der Waals surface area contributed by atoms with Gasteiger partial charge in [0.2, 0.25) is 0 Å². The molecule has 0 bridgehead atoms. The van der Waals surface area contributed by atoms with Crippen molar-refractivity contribution in [3.8, 4) is 11.1 Å². The van der Waals surface area contributed by atoms with E-state index in [9.17, 15) is 13.6 Å². The lowest BCUT2D eigenvalue weighted by molar-refractivity contribution is 0.0988. The van der Waals surface area contributed by atoms with Crippen molar-refractivity contribution < 1.29 is 13.6 Å². The lowest BCUT2D eigenvalue weighted by Gasteiger charge is -2.07. The molecule has 0 heterocycles.